The van der Waals surface area contributed by atoms with E-state index in [1.165, 1.54) is 0 Å². The topological polar surface area (TPSA) is 112 Å². The van der Waals surface area contributed by atoms with E-state index in [-0.39, 0.29) is 11.8 Å². The van der Waals surface area contributed by atoms with Gasteiger partial charge in [-0.05, 0) is 31.4 Å². The van der Waals surface area contributed by atoms with E-state index in [2.05, 4.69) is 10.3 Å². The van der Waals surface area contributed by atoms with E-state index in [9.17, 15) is 9.59 Å². The van der Waals surface area contributed by atoms with Gasteiger partial charge in [0.25, 0.3) is 11.7 Å². The van der Waals surface area contributed by atoms with E-state index in [1.807, 2.05) is 6.07 Å². The molecule has 6 N–H and O–H groups in total. The zero-order valence-electron chi connectivity index (χ0n) is 12.3. The Bertz CT molecular complexity index is 520. The summed E-state index contributed by atoms with van der Waals surface area (Å²) in [6.07, 6.45) is 2.00. The van der Waals surface area contributed by atoms with E-state index in [1.54, 1.807) is 24.3 Å². The number of halogens is 1. The van der Waals surface area contributed by atoms with Gasteiger partial charge in [-0.3, -0.25) is 20.3 Å². The van der Waals surface area contributed by atoms with Crippen molar-refractivity contribution >= 4 is 29.3 Å². The molecule has 0 aliphatic rings. The largest absolute Gasteiger partial charge is 0.368 e. The molecule has 1 aromatic rings. The Morgan fingerprint density at radius 1 is 1.18 bits per heavy atom. The van der Waals surface area contributed by atoms with E-state index < -0.39 is 11.9 Å². The molecule has 0 aliphatic heterocycles. The first kappa shape index (κ1) is 18.0. The lowest BCUT2D eigenvalue weighted by atomic mass is 10.1. The molecule has 1 rings (SSSR count). The molecule has 22 heavy (non-hydrogen) atoms. The number of hydrogen-bond acceptors (Lipinski definition) is 2. The fourth-order valence-corrected chi connectivity index (χ4v) is 1.98. The van der Waals surface area contributed by atoms with Gasteiger partial charge in [0.05, 0.1) is 6.54 Å². The Balaban J connectivity index is 2.43. The molecule has 0 aliphatic carbocycles. The van der Waals surface area contributed by atoms with E-state index in [4.69, 9.17) is 23.1 Å². The molecule has 7 heteroatoms. The van der Waals surface area contributed by atoms with Crippen molar-refractivity contribution in [3.8, 4) is 0 Å². The van der Waals surface area contributed by atoms with Gasteiger partial charge in [0.15, 0.2) is 0 Å². The first-order chi connectivity index (χ1) is 10.5. The van der Waals surface area contributed by atoms with Crippen LogP contribution < -0.4 is 21.8 Å². The highest BCUT2D eigenvalue weighted by molar-refractivity contribution is 6.27. The lowest BCUT2D eigenvalue weighted by Gasteiger charge is -2.15. The zero-order valence-corrected chi connectivity index (χ0v) is 13.1. The summed E-state index contributed by atoms with van der Waals surface area (Å²) in [6, 6.07) is 8.03. The van der Waals surface area contributed by atoms with Crippen LogP contribution in [0.4, 0.5) is 0 Å². The quantitative estimate of drug-likeness (QED) is 0.205. The Hall–Kier alpha value is -2.08. The van der Waals surface area contributed by atoms with Gasteiger partial charge in [-0.25, -0.2) is 0 Å². The van der Waals surface area contributed by atoms with Gasteiger partial charge in [-0.1, -0.05) is 18.2 Å². The summed E-state index contributed by atoms with van der Waals surface area (Å²) < 4.78 is 0. The van der Waals surface area contributed by atoms with Crippen molar-refractivity contribution in [1.82, 2.24) is 5.32 Å². The first-order valence-electron chi connectivity index (χ1n) is 7.11. The third kappa shape index (κ3) is 6.58. The number of amides is 2. The number of alkyl halides is 1. The number of nitrogens with two attached hydrogens (primary N) is 2. The highest BCUT2D eigenvalue weighted by Gasteiger charge is 2.18. The van der Waals surface area contributed by atoms with Crippen LogP contribution >= 0.6 is 11.6 Å². The molecule has 0 heterocycles. The number of primary amides is 1. The van der Waals surface area contributed by atoms with Crippen LogP contribution in [-0.4, -0.2) is 36.1 Å². The summed E-state index contributed by atoms with van der Waals surface area (Å²) in [6.45, 7) is 0.663. The average Bonchev–Trinajstić information content (AvgIpc) is 2.53. The molecule has 6 nitrogen and oxygen atoms in total. The highest BCUT2D eigenvalue weighted by Crippen LogP contribution is 2.03. The standard InChI is InChI=1S/C15H21ClN4O2/c16-10-13(17)19-9-5-4-8-12(14(18)21)20-15(22)11-6-2-1-3-7-11/h1-3,6-7,12H,4-5,8-10H2,(H2,17,19)(H2,18,21)(H,20,22)/p+1. The Morgan fingerprint density at radius 2 is 1.86 bits per heavy atom. The maximum atomic E-state index is 12.0. The number of nitrogens with one attached hydrogen (secondary N) is 2. The third-order valence-corrected chi connectivity index (χ3v) is 3.39. The van der Waals surface area contributed by atoms with Crippen molar-refractivity contribution in [2.75, 3.05) is 12.4 Å². The molecular weight excluding hydrogens is 304 g/mol. The minimum absolute atomic E-state index is 0.261. The molecule has 0 aromatic heterocycles. The van der Waals surface area contributed by atoms with Crippen LogP contribution in [0.3, 0.4) is 0 Å². The number of hydrogen-bond donors (Lipinski definition) is 4. The van der Waals surface area contributed by atoms with Gasteiger partial charge in [0, 0.05) is 5.56 Å². The monoisotopic (exact) mass is 325 g/mol. The predicted octanol–water partition coefficient (Wildman–Crippen LogP) is -0.883. The summed E-state index contributed by atoms with van der Waals surface area (Å²) in [5.74, 6) is -0.0614. The molecule has 0 spiro atoms. The summed E-state index contributed by atoms with van der Waals surface area (Å²) in [7, 11) is 0. The molecule has 120 valence electrons. The molecule has 0 fully saturated rings. The number of benzene rings is 1. The van der Waals surface area contributed by atoms with Crippen molar-refractivity contribution < 1.29 is 14.6 Å². The Morgan fingerprint density at radius 3 is 2.45 bits per heavy atom. The third-order valence-electron chi connectivity index (χ3n) is 3.10. The summed E-state index contributed by atoms with van der Waals surface area (Å²) in [4.78, 5) is 26.4. The SMILES string of the molecule is NC(=O)C(CCCC[NH+]=C(N)CCl)NC(=O)c1ccccc1. The minimum atomic E-state index is -0.679. The molecule has 2 amide bonds. The molecular formula is C15H22ClN4O2+. The molecule has 0 saturated carbocycles. The van der Waals surface area contributed by atoms with E-state index >= 15 is 0 Å². The van der Waals surface area contributed by atoms with Crippen LogP contribution in [0.25, 0.3) is 0 Å². The summed E-state index contributed by atoms with van der Waals surface area (Å²) in [5, 5.41) is 2.66. The molecule has 1 atom stereocenters. The molecule has 0 bridgehead atoms. The highest BCUT2D eigenvalue weighted by atomic mass is 35.5. The second kappa shape index (κ2) is 9.78. The van der Waals surface area contributed by atoms with E-state index in [0.717, 1.165) is 12.8 Å². The second-order valence-electron chi connectivity index (χ2n) is 4.88. The fourth-order valence-electron chi connectivity index (χ4n) is 1.89. The number of carbonyl (C=O) groups is 2. The fraction of sp³-hybridized carbons (Fsp3) is 0.400. The summed E-state index contributed by atoms with van der Waals surface area (Å²) >= 11 is 5.54. The van der Waals surface area contributed by atoms with Crippen LogP contribution in [0.2, 0.25) is 0 Å². The van der Waals surface area contributed by atoms with Gasteiger partial charge in [0.1, 0.15) is 11.9 Å². The van der Waals surface area contributed by atoms with Gasteiger partial charge in [-0.15, -0.1) is 11.6 Å². The Kier molecular flexibility index (Phi) is 7.99. The maximum absolute atomic E-state index is 12.0. The van der Waals surface area contributed by atoms with Crippen LogP contribution in [0, 0.1) is 0 Å². The van der Waals surface area contributed by atoms with Crippen molar-refractivity contribution in [3.05, 3.63) is 35.9 Å². The Labute approximate surface area is 134 Å². The van der Waals surface area contributed by atoms with Crippen molar-refractivity contribution in [2.45, 2.75) is 25.3 Å². The van der Waals surface area contributed by atoms with Crippen LogP contribution in [0.1, 0.15) is 29.6 Å². The molecule has 0 saturated heterocycles. The normalized spacial score (nSPS) is 12.7. The van der Waals surface area contributed by atoms with Crippen molar-refractivity contribution in [2.24, 2.45) is 11.5 Å². The van der Waals surface area contributed by atoms with Gasteiger partial charge in [-0.2, -0.15) is 0 Å². The average molecular weight is 326 g/mol. The number of amidine groups is 1. The number of carbonyl (C=O) groups excluding carboxylic acids is 2. The lowest BCUT2D eigenvalue weighted by Crippen LogP contribution is -2.76. The van der Waals surface area contributed by atoms with Crippen LogP contribution in [-0.2, 0) is 4.79 Å². The summed E-state index contributed by atoms with van der Waals surface area (Å²) in [5.41, 5.74) is 11.4. The van der Waals surface area contributed by atoms with Crippen molar-refractivity contribution in [1.29, 1.82) is 0 Å². The first-order valence-corrected chi connectivity index (χ1v) is 7.64. The molecule has 1 unspecified atom stereocenters. The lowest BCUT2D eigenvalue weighted by molar-refractivity contribution is -0.459. The zero-order chi connectivity index (χ0) is 16.4. The second-order valence-corrected chi connectivity index (χ2v) is 5.14. The minimum Gasteiger partial charge on any atom is -0.368 e. The number of unbranched alkanes of at least 4 members (excludes halogenated alkanes) is 1. The van der Waals surface area contributed by atoms with Gasteiger partial charge >= 0.3 is 0 Å². The van der Waals surface area contributed by atoms with Crippen LogP contribution in [0.15, 0.2) is 30.3 Å². The maximum Gasteiger partial charge on any atom is 0.255 e. The van der Waals surface area contributed by atoms with Gasteiger partial charge < -0.3 is 11.1 Å². The molecule has 0 radical (unpaired) electrons. The predicted molar refractivity (Wildman–Crippen MR) is 86.5 cm³/mol. The number of rotatable bonds is 9. The van der Waals surface area contributed by atoms with Crippen molar-refractivity contribution in [3.63, 3.8) is 0 Å². The molecule has 1 aromatic carbocycles. The smallest absolute Gasteiger partial charge is 0.255 e. The van der Waals surface area contributed by atoms with Gasteiger partial charge in [0.2, 0.25) is 5.91 Å². The van der Waals surface area contributed by atoms with Crippen LogP contribution in [0.5, 0.6) is 0 Å². The van der Waals surface area contributed by atoms with E-state index in [0.29, 0.717) is 24.4 Å².